The molecule has 0 bridgehead atoms. The summed E-state index contributed by atoms with van der Waals surface area (Å²) in [6.07, 6.45) is 1.62. The van der Waals surface area contributed by atoms with E-state index in [9.17, 15) is 14.3 Å². The molecule has 0 saturated carbocycles. The topological polar surface area (TPSA) is 57.5 Å². The molecule has 1 aromatic rings. The summed E-state index contributed by atoms with van der Waals surface area (Å²) >= 11 is 0. The third-order valence-electron chi connectivity index (χ3n) is 3.02. The second kappa shape index (κ2) is 7.11. The zero-order valence-corrected chi connectivity index (χ0v) is 10.5. The highest BCUT2D eigenvalue weighted by Crippen LogP contribution is 2.24. The Bertz CT molecular complexity index is 375. The molecule has 0 amide bonds. The van der Waals surface area contributed by atoms with Crippen LogP contribution in [0.5, 0.6) is 0 Å². The van der Waals surface area contributed by atoms with E-state index in [1.165, 1.54) is 24.3 Å². The Morgan fingerprint density at radius 3 is 2.44 bits per heavy atom. The van der Waals surface area contributed by atoms with Crippen molar-refractivity contribution in [2.75, 3.05) is 0 Å². The highest BCUT2D eigenvalue weighted by atomic mass is 19.1. The number of hydrogen-bond donors (Lipinski definition) is 2. The molecule has 1 aromatic carbocycles. The van der Waals surface area contributed by atoms with Crippen LogP contribution in [0.3, 0.4) is 0 Å². The molecular formula is C14H19FO3. The number of aliphatic hydroxyl groups excluding tert-OH is 1. The van der Waals surface area contributed by atoms with Gasteiger partial charge >= 0.3 is 5.97 Å². The predicted octanol–water partition coefficient (Wildman–Crippen LogP) is 3.14. The smallest absolute Gasteiger partial charge is 0.306 e. The van der Waals surface area contributed by atoms with Crippen LogP contribution in [0.4, 0.5) is 4.39 Å². The lowest BCUT2D eigenvalue weighted by molar-refractivity contribution is -0.143. The van der Waals surface area contributed by atoms with Crippen molar-refractivity contribution in [1.29, 1.82) is 0 Å². The van der Waals surface area contributed by atoms with Crippen LogP contribution >= 0.6 is 0 Å². The second-order valence-corrected chi connectivity index (χ2v) is 4.48. The molecule has 0 aliphatic heterocycles. The van der Waals surface area contributed by atoms with Crippen LogP contribution in [0, 0.1) is 11.7 Å². The number of aliphatic carboxylic acids is 1. The van der Waals surface area contributed by atoms with Crippen LogP contribution in [0.25, 0.3) is 0 Å². The van der Waals surface area contributed by atoms with Gasteiger partial charge in [-0.15, -0.1) is 0 Å². The van der Waals surface area contributed by atoms with Gasteiger partial charge in [0.15, 0.2) is 0 Å². The molecule has 4 heteroatoms. The number of carboxylic acids is 1. The SMILES string of the molecule is CCCCC(CC(O)c1ccc(F)cc1)C(=O)O. The summed E-state index contributed by atoms with van der Waals surface area (Å²) in [5.74, 6) is -1.80. The van der Waals surface area contributed by atoms with Crippen molar-refractivity contribution in [2.45, 2.75) is 38.7 Å². The number of aliphatic hydroxyl groups is 1. The molecule has 3 nitrogen and oxygen atoms in total. The van der Waals surface area contributed by atoms with Crippen LogP contribution < -0.4 is 0 Å². The number of hydrogen-bond acceptors (Lipinski definition) is 2. The van der Waals surface area contributed by atoms with Crippen molar-refractivity contribution in [3.63, 3.8) is 0 Å². The number of rotatable bonds is 7. The maximum absolute atomic E-state index is 12.7. The fourth-order valence-corrected chi connectivity index (χ4v) is 1.88. The highest BCUT2D eigenvalue weighted by molar-refractivity contribution is 5.70. The fraction of sp³-hybridized carbons (Fsp3) is 0.500. The Morgan fingerprint density at radius 2 is 1.94 bits per heavy atom. The van der Waals surface area contributed by atoms with Gasteiger partial charge in [-0.05, 0) is 30.5 Å². The minimum atomic E-state index is -0.885. The lowest BCUT2D eigenvalue weighted by Gasteiger charge is -2.16. The van der Waals surface area contributed by atoms with Crippen molar-refractivity contribution in [1.82, 2.24) is 0 Å². The van der Waals surface area contributed by atoms with Crippen molar-refractivity contribution >= 4 is 5.97 Å². The van der Waals surface area contributed by atoms with Gasteiger partial charge in [-0.1, -0.05) is 31.9 Å². The number of unbranched alkanes of at least 4 members (excludes halogenated alkanes) is 1. The van der Waals surface area contributed by atoms with E-state index in [1.807, 2.05) is 6.92 Å². The standard InChI is InChI=1S/C14H19FO3/c1-2-3-4-11(14(17)18)9-13(16)10-5-7-12(15)8-6-10/h5-8,11,13,16H,2-4,9H2,1H3,(H,17,18). The van der Waals surface area contributed by atoms with Gasteiger partial charge in [-0.2, -0.15) is 0 Å². The molecule has 2 unspecified atom stereocenters. The summed E-state index contributed by atoms with van der Waals surface area (Å²) in [5, 5.41) is 19.0. The molecular weight excluding hydrogens is 235 g/mol. The van der Waals surface area contributed by atoms with Gasteiger partial charge in [-0.25, -0.2) is 4.39 Å². The first-order valence-corrected chi connectivity index (χ1v) is 6.21. The zero-order valence-electron chi connectivity index (χ0n) is 10.5. The lowest BCUT2D eigenvalue weighted by Crippen LogP contribution is -2.17. The molecule has 0 fully saturated rings. The van der Waals surface area contributed by atoms with Crippen LogP contribution in [-0.2, 0) is 4.79 Å². The minimum Gasteiger partial charge on any atom is -0.481 e. The molecule has 0 aliphatic rings. The molecule has 0 radical (unpaired) electrons. The van der Waals surface area contributed by atoms with Gasteiger partial charge in [0.1, 0.15) is 5.82 Å². The summed E-state index contributed by atoms with van der Waals surface area (Å²) in [6, 6.07) is 5.50. The van der Waals surface area contributed by atoms with E-state index in [2.05, 4.69) is 0 Å². The minimum absolute atomic E-state index is 0.168. The number of carbonyl (C=O) groups is 1. The Morgan fingerprint density at radius 1 is 1.33 bits per heavy atom. The predicted molar refractivity (Wildman–Crippen MR) is 66.6 cm³/mol. The molecule has 0 aliphatic carbocycles. The Labute approximate surface area is 106 Å². The van der Waals surface area contributed by atoms with Gasteiger partial charge in [0.05, 0.1) is 12.0 Å². The maximum Gasteiger partial charge on any atom is 0.306 e. The molecule has 0 aromatic heterocycles. The molecule has 0 spiro atoms. The second-order valence-electron chi connectivity index (χ2n) is 4.48. The average molecular weight is 254 g/mol. The van der Waals surface area contributed by atoms with Crippen molar-refractivity contribution in [3.8, 4) is 0 Å². The van der Waals surface area contributed by atoms with Crippen LogP contribution in [0.1, 0.15) is 44.3 Å². The molecule has 1 rings (SSSR count). The summed E-state index contributed by atoms with van der Waals surface area (Å²) in [4.78, 5) is 11.1. The molecule has 0 heterocycles. The Kier molecular flexibility index (Phi) is 5.78. The van der Waals surface area contributed by atoms with Crippen LogP contribution in [0.15, 0.2) is 24.3 Å². The maximum atomic E-state index is 12.7. The third kappa shape index (κ3) is 4.45. The largest absolute Gasteiger partial charge is 0.481 e. The van der Waals surface area contributed by atoms with E-state index in [4.69, 9.17) is 5.11 Å². The van der Waals surface area contributed by atoms with Gasteiger partial charge in [0.2, 0.25) is 0 Å². The van der Waals surface area contributed by atoms with Gasteiger partial charge < -0.3 is 10.2 Å². The summed E-state index contributed by atoms with van der Waals surface area (Å²) in [5.41, 5.74) is 0.555. The summed E-state index contributed by atoms with van der Waals surface area (Å²) < 4.78 is 12.7. The number of benzene rings is 1. The lowest BCUT2D eigenvalue weighted by atomic mass is 9.93. The quantitative estimate of drug-likeness (QED) is 0.786. The third-order valence-corrected chi connectivity index (χ3v) is 3.02. The molecule has 18 heavy (non-hydrogen) atoms. The first-order chi connectivity index (χ1) is 8.54. The van der Waals surface area contributed by atoms with Gasteiger partial charge in [0.25, 0.3) is 0 Å². The number of carboxylic acid groups (broad SMARTS) is 1. The van der Waals surface area contributed by atoms with E-state index >= 15 is 0 Å². The normalized spacial score (nSPS) is 14.2. The van der Waals surface area contributed by atoms with E-state index in [1.54, 1.807) is 0 Å². The Hall–Kier alpha value is -1.42. The highest BCUT2D eigenvalue weighted by Gasteiger charge is 2.21. The monoisotopic (exact) mass is 254 g/mol. The first-order valence-electron chi connectivity index (χ1n) is 6.21. The van der Waals surface area contributed by atoms with Crippen LogP contribution in [0.2, 0.25) is 0 Å². The molecule has 2 atom stereocenters. The van der Waals surface area contributed by atoms with E-state index in [-0.39, 0.29) is 12.2 Å². The summed E-state index contributed by atoms with van der Waals surface area (Å²) in [6.45, 7) is 2.00. The van der Waals surface area contributed by atoms with Gasteiger partial charge in [-0.3, -0.25) is 4.79 Å². The number of halogens is 1. The fourth-order valence-electron chi connectivity index (χ4n) is 1.88. The summed E-state index contributed by atoms with van der Waals surface area (Å²) in [7, 11) is 0. The molecule has 0 saturated heterocycles. The van der Waals surface area contributed by atoms with E-state index < -0.39 is 18.0 Å². The Balaban J connectivity index is 2.62. The van der Waals surface area contributed by atoms with E-state index in [0.29, 0.717) is 12.0 Å². The van der Waals surface area contributed by atoms with Crippen LogP contribution in [-0.4, -0.2) is 16.2 Å². The van der Waals surface area contributed by atoms with Gasteiger partial charge in [0, 0.05) is 0 Å². The average Bonchev–Trinajstić information content (AvgIpc) is 2.34. The first kappa shape index (κ1) is 14.6. The zero-order chi connectivity index (χ0) is 13.5. The van der Waals surface area contributed by atoms with Crippen molar-refractivity contribution < 1.29 is 19.4 Å². The van der Waals surface area contributed by atoms with E-state index in [0.717, 1.165) is 12.8 Å². The van der Waals surface area contributed by atoms with Crippen molar-refractivity contribution in [3.05, 3.63) is 35.6 Å². The van der Waals surface area contributed by atoms with Crippen molar-refractivity contribution in [2.24, 2.45) is 5.92 Å². The molecule has 100 valence electrons. The molecule has 2 N–H and O–H groups in total.